The fraction of sp³-hybridized carbons (Fsp3) is 0.647. The van der Waals surface area contributed by atoms with Crippen molar-refractivity contribution in [1.82, 2.24) is 5.32 Å². The average molecular weight is 296 g/mol. The lowest BCUT2D eigenvalue weighted by molar-refractivity contribution is 0.295. The maximum absolute atomic E-state index is 14.4. The summed E-state index contributed by atoms with van der Waals surface area (Å²) < 4.78 is 14.4. The molecule has 0 saturated carbocycles. The second-order valence-corrected chi connectivity index (χ2v) is 5.35. The molecule has 0 heterocycles. The predicted octanol–water partition coefficient (Wildman–Crippen LogP) is 3.31. The molecule has 0 aromatic heterocycles. The lowest BCUT2D eigenvalue weighted by Crippen LogP contribution is -2.37. The summed E-state index contributed by atoms with van der Waals surface area (Å²) in [5.74, 6) is -0.203. The third-order valence-electron chi connectivity index (χ3n) is 3.80. The number of halogens is 1. The van der Waals surface area contributed by atoms with Crippen LogP contribution in [0.1, 0.15) is 45.6 Å². The van der Waals surface area contributed by atoms with Gasteiger partial charge >= 0.3 is 0 Å². The first-order valence-corrected chi connectivity index (χ1v) is 8.04. The van der Waals surface area contributed by atoms with Crippen LogP contribution >= 0.6 is 0 Å². The number of hydrogen-bond donors (Lipinski definition) is 2. The van der Waals surface area contributed by atoms with Crippen LogP contribution in [-0.4, -0.2) is 30.8 Å². The van der Waals surface area contributed by atoms with Crippen molar-refractivity contribution in [3.63, 3.8) is 0 Å². The van der Waals surface area contributed by atoms with Crippen LogP contribution < -0.4 is 10.2 Å². The summed E-state index contributed by atoms with van der Waals surface area (Å²) in [5, 5.41) is 12.5. The summed E-state index contributed by atoms with van der Waals surface area (Å²) in [6.45, 7) is 8.44. The van der Waals surface area contributed by atoms with Gasteiger partial charge in [0.25, 0.3) is 0 Å². The summed E-state index contributed by atoms with van der Waals surface area (Å²) in [4.78, 5) is 1.98. The second kappa shape index (κ2) is 9.74. The number of nitrogens with zero attached hydrogens (tertiary/aromatic N) is 1. The van der Waals surface area contributed by atoms with E-state index >= 15 is 0 Å². The maximum Gasteiger partial charge on any atom is 0.146 e. The van der Waals surface area contributed by atoms with E-state index < -0.39 is 0 Å². The van der Waals surface area contributed by atoms with Crippen molar-refractivity contribution >= 4 is 5.69 Å². The Bertz CT molecular complexity index is 408. The van der Waals surface area contributed by atoms with Crippen molar-refractivity contribution in [3.05, 3.63) is 29.6 Å². The molecule has 21 heavy (non-hydrogen) atoms. The Balaban J connectivity index is 2.88. The molecule has 0 aliphatic rings. The number of aliphatic hydroxyl groups is 1. The van der Waals surface area contributed by atoms with Gasteiger partial charge < -0.3 is 15.3 Å². The van der Waals surface area contributed by atoms with Gasteiger partial charge in [0.05, 0.1) is 12.3 Å². The summed E-state index contributed by atoms with van der Waals surface area (Å²) >= 11 is 0. The van der Waals surface area contributed by atoms with Crippen LogP contribution in [0.5, 0.6) is 0 Å². The molecule has 3 nitrogen and oxygen atoms in total. The zero-order valence-electron chi connectivity index (χ0n) is 13.5. The Kier molecular flexibility index (Phi) is 8.31. The molecule has 1 aromatic carbocycles. The lowest BCUT2D eigenvalue weighted by Gasteiger charge is -2.32. The lowest BCUT2D eigenvalue weighted by atomic mass is 10.1. The van der Waals surface area contributed by atoms with Crippen LogP contribution in [0.2, 0.25) is 0 Å². The Morgan fingerprint density at radius 1 is 1.24 bits per heavy atom. The quantitative estimate of drug-likeness (QED) is 0.650. The third-order valence-corrected chi connectivity index (χ3v) is 3.80. The first-order chi connectivity index (χ1) is 10.2. The monoisotopic (exact) mass is 296 g/mol. The third kappa shape index (κ3) is 5.29. The summed E-state index contributed by atoms with van der Waals surface area (Å²) in [6, 6.07) is 5.67. The van der Waals surface area contributed by atoms with Crippen molar-refractivity contribution in [2.75, 3.05) is 24.6 Å². The highest BCUT2D eigenvalue weighted by atomic mass is 19.1. The molecule has 0 radical (unpaired) electrons. The van der Waals surface area contributed by atoms with Gasteiger partial charge in [-0.2, -0.15) is 0 Å². The van der Waals surface area contributed by atoms with Crippen molar-refractivity contribution in [3.8, 4) is 0 Å². The molecule has 0 saturated heterocycles. The van der Waals surface area contributed by atoms with Crippen LogP contribution in [0.3, 0.4) is 0 Å². The van der Waals surface area contributed by atoms with E-state index in [0.717, 1.165) is 31.4 Å². The molecule has 0 unspecified atom stereocenters. The molecule has 0 amide bonds. The van der Waals surface area contributed by atoms with Gasteiger partial charge in [-0.05, 0) is 43.5 Å². The van der Waals surface area contributed by atoms with Gasteiger partial charge in [-0.1, -0.05) is 26.8 Å². The predicted molar refractivity (Wildman–Crippen MR) is 87.2 cm³/mol. The molecule has 0 bridgehead atoms. The van der Waals surface area contributed by atoms with Crippen LogP contribution in [0, 0.1) is 5.82 Å². The number of aliphatic hydroxyl groups excluding tert-OH is 1. The highest BCUT2D eigenvalue weighted by Crippen LogP contribution is 2.24. The normalized spacial score (nSPS) is 11.1. The fourth-order valence-corrected chi connectivity index (χ4v) is 2.64. The molecule has 0 spiro atoms. The number of nitrogens with one attached hydrogen (secondary N) is 1. The van der Waals surface area contributed by atoms with E-state index in [4.69, 9.17) is 0 Å². The van der Waals surface area contributed by atoms with Crippen molar-refractivity contribution < 1.29 is 9.50 Å². The Hall–Kier alpha value is -1.13. The first kappa shape index (κ1) is 17.9. The van der Waals surface area contributed by atoms with Gasteiger partial charge in [-0.15, -0.1) is 0 Å². The molecule has 1 rings (SSSR count). The fourth-order valence-electron chi connectivity index (χ4n) is 2.64. The van der Waals surface area contributed by atoms with Crippen molar-refractivity contribution in [1.29, 1.82) is 0 Å². The smallest absolute Gasteiger partial charge is 0.146 e. The number of anilines is 1. The highest BCUT2D eigenvalue weighted by molar-refractivity contribution is 5.50. The molecule has 120 valence electrons. The molecule has 2 N–H and O–H groups in total. The summed E-state index contributed by atoms with van der Waals surface area (Å²) in [6.07, 6.45) is 2.95. The Morgan fingerprint density at radius 3 is 2.48 bits per heavy atom. The zero-order chi connectivity index (χ0) is 15.7. The van der Waals surface area contributed by atoms with E-state index in [1.807, 2.05) is 17.0 Å². The van der Waals surface area contributed by atoms with Gasteiger partial charge in [0.2, 0.25) is 0 Å². The first-order valence-electron chi connectivity index (χ1n) is 8.04. The van der Waals surface area contributed by atoms with Crippen LogP contribution in [0.25, 0.3) is 0 Å². The zero-order valence-corrected chi connectivity index (χ0v) is 13.5. The maximum atomic E-state index is 14.4. The van der Waals surface area contributed by atoms with Crippen LogP contribution in [0.4, 0.5) is 10.1 Å². The molecule has 0 fully saturated rings. The number of benzene rings is 1. The topological polar surface area (TPSA) is 35.5 Å². The van der Waals surface area contributed by atoms with Crippen LogP contribution in [0.15, 0.2) is 18.2 Å². The minimum atomic E-state index is -0.203. The van der Waals surface area contributed by atoms with Gasteiger partial charge in [0.1, 0.15) is 5.82 Å². The van der Waals surface area contributed by atoms with E-state index in [2.05, 4.69) is 26.1 Å². The Labute approximate surface area is 128 Å². The van der Waals surface area contributed by atoms with E-state index in [9.17, 15) is 9.50 Å². The SMILES string of the molecule is CCCNCc1ccc(N(CCO)C(CC)CC)c(F)c1. The molecule has 0 aliphatic heterocycles. The highest BCUT2D eigenvalue weighted by Gasteiger charge is 2.18. The second-order valence-electron chi connectivity index (χ2n) is 5.35. The Morgan fingerprint density at radius 2 is 1.95 bits per heavy atom. The number of rotatable bonds is 10. The number of hydrogen-bond acceptors (Lipinski definition) is 3. The van der Waals surface area contributed by atoms with Gasteiger partial charge in [-0.3, -0.25) is 0 Å². The van der Waals surface area contributed by atoms with Crippen LogP contribution in [-0.2, 0) is 6.54 Å². The van der Waals surface area contributed by atoms with E-state index in [0.29, 0.717) is 18.8 Å². The minimum absolute atomic E-state index is 0.0374. The van der Waals surface area contributed by atoms with E-state index in [-0.39, 0.29) is 18.5 Å². The molecule has 1 aromatic rings. The molecule has 4 heteroatoms. The van der Waals surface area contributed by atoms with Crippen molar-refractivity contribution in [2.45, 2.75) is 52.6 Å². The average Bonchev–Trinajstić information content (AvgIpc) is 2.48. The van der Waals surface area contributed by atoms with E-state index in [1.165, 1.54) is 0 Å². The molecular formula is C17H29FN2O. The molecular weight excluding hydrogens is 267 g/mol. The van der Waals surface area contributed by atoms with E-state index in [1.54, 1.807) is 6.07 Å². The molecule has 0 aliphatic carbocycles. The summed E-state index contributed by atoms with van der Waals surface area (Å²) in [5.41, 5.74) is 1.55. The van der Waals surface area contributed by atoms with Gasteiger partial charge in [-0.25, -0.2) is 4.39 Å². The standard InChI is InChI=1S/C17H29FN2O/c1-4-9-19-13-14-7-8-17(16(18)12-14)20(10-11-21)15(5-2)6-3/h7-8,12,15,19,21H,4-6,9-11,13H2,1-3H3. The van der Waals surface area contributed by atoms with Gasteiger partial charge in [0.15, 0.2) is 0 Å². The minimum Gasteiger partial charge on any atom is -0.395 e. The summed E-state index contributed by atoms with van der Waals surface area (Å²) in [7, 11) is 0. The largest absolute Gasteiger partial charge is 0.395 e. The van der Waals surface area contributed by atoms with Crippen molar-refractivity contribution in [2.24, 2.45) is 0 Å². The molecule has 0 atom stereocenters. The van der Waals surface area contributed by atoms with Gasteiger partial charge in [0, 0.05) is 19.1 Å².